The highest BCUT2D eigenvalue weighted by Crippen LogP contribution is 2.30. The minimum absolute atomic E-state index is 0.613. The summed E-state index contributed by atoms with van der Waals surface area (Å²) >= 11 is 0. The number of hydrogen-bond acceptors (Lipinski definition) is 4. The van der Waals surface area contributed by atoms with Gasteiger partial charge in [0.2, 0.25) is 0 Å². The van der Waals surface area contributed by atoms with Crippen LogP contribution < -0.4 is 9.64 Å². The van der Waals surface area contributed by atoms with Gasteiger partial charge in [0.25, 0.3) is 0 Å². The van der Waals surface area contributed by atoms with Gasteiger partial charge in [-0.2, -0.15) is 5.26 Å². The van der Waals surface area contributed by atoms with Crippen molar-refractivity contribution in [2.45, 2.75) is 13.1 Å². The van der Waals surface area contributed by atoms with Gasteiger partial charge >= 0.3 is 0 Å². The SMILES string of the molecule is COc1ccc2c(c1)CN(c1ncccc1C#N)C2. The van der Waals surface area contributed by atoms with E-state index >= 15 is 0 Å². The first-order valence-corrected chi connectivity index (χ1v) is 6.07. The van der Waals surface area contributed by atoms with Gasteiger partial charge < -0.3 is 9.64 Å². The van der Waals surface area contributed by atoms with Gasteiger partial charge in [0.1, 0.15) is 17.6 Å². The van der Waals surface area contributed by atoms with E-state index in [9.17, 15) is 0 Å². The molecule has 1 aromatic carbocycles. The van der Waals surface area contributed by atoms with E-state index in [1.807, 2.05) is 12.1 Å². The van der Waals surface area contributed by atoms with Gasteiger partial charge in [-0.3, -0.25) is 0 Å². The van der Waals surface area contributed by atoms with Crippen molar-refractivity contribution >= 4 is 5.82 Å². The standard InChI is InChI=1S/C15H13N3O/c1-19-14-5-4-12-9-18(10-13(12)7-14)15-11(8-16)3-2-6-17-15/h2-7H,9-10H2,1H3. The van der Waals surface area contributed by atoms with Gasteiger partial charge in [0.15, 0.2) is 0 Å². The molecule has 0 N–H and O–H groups in total. The summed E-state index contributed by atoms with van der Waals surface area (Å²) in [5.74, 6) is 1.61. The van der Waals surface area contributed by atoms with E-state index in [4.69, 9.17) is 10.00 Å². The largest absolute Gasteiger partial charge is 0.497 e. The molecule has 1 aliphatic rings. The monoisotopic (exact) mass is 251 g/mol. The molecule has 2 aromatic rings. The second kappa shape index (κ2) is 4.62. The summed E-state index contributed by atoms with van der Waals surface area (Å²) in [7, 11) is 1.67. The lowest BCUT2D eigenvalue weighted by Gasteiger charge is -2.17. The highest BCUT2D eigenvalue weighted by Gasteiger charge is 2.22. The molecule has 0 bridgehead atoms. The van der Waals surface area contributed by atoms with Crippen LogP contribution in [0.1, 0.15) is 16.7 Å². The zero-order valence-electron chi connectivity index (χ0n) is 10.6. The molecule has 0 fully saturated rings. The summed E-state index contributed by atoms with van der Waals surface area (Å²) in [5, 5.41) is 9.14. The van der Waals surface area contributed by atoms with E-state index in [0.29, 0.717) is 5.56 Å². The maximum absolute atomic E-state index is 9.14. The Hall–Kier alpha value is -2.54. The highest BCUT2D eigenvalue weighted by atomic mass is 16.5. The molecule has 4 nitrogen and oxygen atoms in total. The minimum atomic E-state index is 0.613. The molecular weight excluding hydrogens is 238 g/mol. The number of fused-ring (bicyclic) bond motifs is 1. The van der Waals surface area contributed by atoms with Crippen LogP contribution in [0.5, 0.6) is 5.75 Å². The Kier molecular flexibility index (Phi) is 2.81. The van der Waals surface area contributed by atoms with E-state index in [1.165, 1.54) is 11.1 Å². The van der Waals surface area contributed by atoms with Crippen LogP contribution in [0, 0.1) is 11.3 Å². The topological polar surface area (TPSA) is 49.1 Å². The molecule has 0 saturated carbocycles. The first kappa shape index (κ1) is 11.5. The zero-order chi connectivity index (χ0) is 13.2. The number of nitriles is 1. The van der Waals surface area contributed by atoms with Crippen molar-refractivity contribution in [2.75, 3.05) is 12.0 Å². The van der Waals surface area contributed by atoms with Crippen LogP contribution in [-0.4, -0.2) is 12.1 Å². The fraction of sp³-hybridized carbons (Fsp3) is 0.200. The summed E-state index contributed by atoms with van der Waals surface area (Å²) in [6.07, 6.45) is 1.72. The Morgan fingerprint density at radius 3 is 2.89 bits per heavy atom. The van der Waals surface area contributed by atoms with Gasteiger partial charge in [-0.1, -0.05) is 6.07 Å². The van der Waals surface area contributed by atoms with Crippen molar-refractivity contribution < 1.29 is 4.74 Å². The van der Waals surface area contributed by atoms with Crippen LogP contribution in [0.4, 0.5) is 5.82 Å². The predicted octanol–water partition coefficient (Wildman–Crippen LogP) is 2.48. The fourth-order valence-corrected chi connectivity index (χ4v) is 2.38. The van der Waals surface area contributed by atoms with Crippen LogP contribution in [0.25, 0.3) is 0 Å². The quantitative estimate of drug-likeness (QED) is 0.822. The van der Waals surface area contributed by atoms with Crippen molar-refractivity contribution in [3.63, 3.8) is 0 Å². The number of anilines is 1. The Morgan fingerprint density at radius 2 is 2.11 bits per heavy atom. The van der Waals surface area contributed by atoms with E-state index in [-0.39, 0.29) is 0 Å². The van der Waals surface area contributed by atoms with Crippen molar-refractivity contribution in [3.05, 3.63) is 53.2 Å². The Balaban J connectivity index is 1.93. The van der Waals surface area contributed by atoms with Gasteiger partial charge in [0.05, 0.1) is 12.7 Å². The summed E-state index contributed by atoms with van der Waals surface area (Å²) in [5.41, 5.74) is 3.10. The number of methoxy groups -OCH3 is 1. The number of pyridine rings is 1. The number of aromatic nitrogens is 1. The van der Waals surface area contributed by atoms with Crippen molar-refractivity contribution in [1.29, 1.82) is 5.26 Å². The van der Waals surface area contributed by atoms with Crippen LogP contribution in [0.2, 0.25) is 0 Å². The van der Waals surface area contributed by atoms with Crippen LogP contribution in [0.15, 0.2) is 36.5 Å². The Morgan fingerprint density at radius 1 is 1.26 bits per heavy atom. The molecule has 0 atom stereocenters. The highest BCUT2D eigenvalue weighted by molar-refractivity contribution is 5.57. The Bertz CT molecular complexity index is 661. The average Bonchev–Trinajstić information content (AvgIpc) is 2.89. The van der Waals surface area contributed by atoms with E-state index in [1.54, 1.807) is 25.4 Å². The predicted molar refractivity (Wildman–Crippen MR) is 71.8 cm³/mol. The van der Waals surface area contributed by atoms with Gasteiger partial charge in [-0.15, -0.1) is 0 Å². The van der Waals surface area contributed by atoms with E-state index < -0.39 is 0 Å². The summed E-state index contributed by atoms with van der Waals surface area (Å²) in [4.78, 5) is 6.44. The zero-order valence-corrected chi connectivity index (χ0v) is 10.6. The van der Waals surface area contributed by atoms with Gasteiger partial charge in [0, 0.05) is 19.3 Å². The van der Waals surface area contributed by atoms with Gasteiger partial charge in [-0.05, 0) is 35.4 Å². The molecule has 94 valence electrons. The minimum Gasteiger partial charge on any atom is -0.497 e. The third-order valence-electron chi connectivity index (χ3n) is 3.34. The molecule has 0 amide bonds. The molecule has 0 saturated heterocycles. The second-order valence-corrected chi connectivity index (χ2v) is 4.48. The number of rotatable bonds is 2. The third-order valence-corrected chi connectivity index (χ3v) is 3.34. The van der Waals surface area contributed by atoms with Crippen molar-refractivity contribution in [3.8, 4) is 11.8 Å². The third kappa shape index (κ3) is 2.00. The molecule has 0 radical (unpaired) electrons. The molecule has 1 aliphatic heterocycles. The lowest BCUT2D eigenvalue weighted by atomic mass is 10.1. The molecule has 3 rings (SSSR count). The first-order chi connectivity index (χ1) is 9.31. The summed E-state index contributed by atoms with van der Waals surface area (Å²) in [6, 6.07) is 11.9. The molecule has 1 aromatic heterocycles. The number of ether oxygens (including phenoxy) is 1. The lowest BCUT2D eigenvalue weighted by molar-refractivity contribution is 0.414. The van der Waals surface area contributed by atoms with Crippen LogP contribution >= 0.6 is 0 Å². The molecular formula is C15H13N3O. The maximum atomic E-state index is 9.14. The fourth-order valence-electron chi connectivity index (χ4n) is 2.38. The number of hydrogen-bond donors (Lipinski definition) is 0. The smallest absolute Gasteiger partial charge is 0.147 e. The molecule has 4 heteroatoms. The van der Waals surface area contributed by atoms with E-state index in [0.717, 1.165) is 24.7 Å². The maximum Gasteiger partial charge on any atom is 0.147 e. The van der Waals surface area contributed by atoms with Crippen molar-refractivity contribution in [2.24, 2.45) is 0 Å². The normalized spacial score (nSPS) is 12.9. The van der Waals surface area contributed by atoms with Crippen molar-refractivity contribution in [1.82, 2.24) is 4.98 Å². The van der Waals surface area contributed by atoms with Gasteiger partial charge in [-0.25, -0.2) is 4.98 Å². The molecule has 0 aliphatic carbocycles. The van der Waals surface area contributed by atoms with E-state index in [2.05, 4.69) is 22.0 Å². The molecule has 19 heavy (non-hydrogen) atoms. The van der Waals surface area contributed by atoms with Crippen LogP contribution in [0.3, 0.4) is 0 Å². The molecule has 2 heterocycles. The second-order valence-electron chi connectivity index (χ2n) is 4.48. The Labute approximate surface area is 111 Å². The first-order valence-electron chi connectivity index (χ1n) is 6.07. The lowest BCUT2D eigenvalue weighted by Crippen LogP contribution is -2.17. The molecule has 0 unspecified atom stereocenters. The van der Waals surface area contributed by atoms with Crippen LogP contribution in [-0.2, 0) is 13.1 Å². The summed E-state index contributed by atoms with van der Waals surface area (Å²) in [6.45, 7) is 1.54. The average molecular weight is 251 g/mol. The number of nitrogens with zero attached hydrogens (tertiary/aromatic N) is 3. The number of benzene rings is 1. The summed E-state index contributed by atoms with van der Waals surface area (Å²) < 4.78 is 5.24. The molecule has 0 spiro atoms.